The molecule has 1 aliphatic heterocycles. The molecule has 0 spiro atoms. The van der Waals surface area contributed by atoms with E-state index in [9.17, 15) is 0 Å². The van der Waals surface area contributed by atoms with Crippen molar-refractivity contribution in [2.75, 3.05) is 20.1 Å². The molecule has 1 unspecified atom stereocenters. The van der Waals surface area contributed by atoms with E-state index in [-0.39, 0.29) is 0 Å². The lowest BCUT2D eigenvalue weighted by Gasteiger charge is -2.37. The Morgan fingerprint density at radius 1 is 1.07 bits per heavy atom. The van der Waals surface area contributed by atoms with Gasteiger partial charge in [-0.05, 0) is 51.1 Å². The van der Waals surface area contributed by atoms with E-state index in [1.807, 2.05) is 0 Å². The van der Waals surface area contributed by atoms with Crippen molar-refractivity contribution in [2.45, 2.75) is 45.4 Å². The number of rotatable bonds is 6. The second-order valence-electron chi connectivity index (χ2n) is 7.69. The zero-order chi connectivity index (χ0) is 18.6. The summed E-state index contributed by atoms with van der Waals surface area (Å²) in [6, 6.07) is 19.9. The van der Waals surface area contributed by atoms with Crippen molar-refractivity contribution in [3.63, 3.8) is 0 Å². The minimum atomic E-state index is 0.610. The first-order valence-electron chi connectivity index (χ1n) is 10.1. The third kappa shape index (κ3) is 4.07. The molecular formula is C23H30N4. The van der Waals surface area contributed by atoms with Crippen molar-refractivity contribution in [1.29, 1.82) is 0 Å². The molecule has 2 aromatic carbocycles. The fourth-order valence-corrected chi connectivity index (χ4v) is 4.33. The number of benzene rings is 2. The molecule has 4 rings (SSSR count). The molecule has 2 heterocycles. The highest BCUT2D eigenvalue weighted by Crippen LogP contribution is 2.21. The highest BCUT2D eigenvalue weighted by Gasteiger charge is 2.24. The Morgan fingerprint density at radius 3 is 2.67 bits per heavy atom. The molecule has 27 heavy (non-hydrogen) atoms. The molecule has 0 saturated carbocycles. The van der Waals surface area contributed by atoms with Gasteiger partial charge in [0, 0.05) is 25.7 Å². The Morgan fingerprint density at radius 2 is 1.85 bits per heavy atom. The van der Waals surface area contributed by atoms with E-state index in [0.29, 0.717) is 6.04 Å². The van der Waals surface area contributed by atoms with Crippen molar-refractivity contribution >= 4 is 11.0 Å². The van der Waals surface area contributed by atoms with Crippen molar-refractivity contribution in [3.05, 3.63) is 66.0 Å². The first-order chi connectivity index (χ1) is 13.2. The molecule has 4 nitrogen and oxygen atoms in total. The maximum atomic E-state index is 4.92. The number of imidazole rings is 1. The van der Waals surface area contributed by atoms with Crippen molar-refractivity contribution in [3.8, 4) is 0 Å². The molecule has 1 aromatic heterocycles. The van der Waals surface area contributed by atoms with Gasteiger partial charge in [0.1, 0.15) is 5.82 Å². The van der Waals surface area contributed by atoms with Crippen LogP contribution in [0.1, 0.15) is 31.2 Å². The van der Waals surface area contributed by atoms with Gasteiger partial charge in [-0.15, -0.1) is 0 Å². The molecule has 1 aliphatic rings. The summed E-state index contributed by atoms with van der Waals surface area (Å²) in [5.74, 6) is 1.20. The van der Waals surface area contributed by atoms with Gasteiger partial charge in [-0.1, -0.05) is 42.5 Å². The average Bonchev–Trinajstić information content (AvgIpc) is 3.06. The largest absolute Gasteiger partial charge is 0.327 e. The fourth-order valence-electron chi connectivity index (χ4n) is 4.33. The van der Waals surface area contributed by atoms with Crippen LogP contribution in [0.2, 0.25) is 0 Å². The van der Waals surface area contributed by atoms with Gasteiger partial charge in [-0.25, -0.2) is 4.98 Å². The molecule has 0 N–H and O–H groups in total. The Balaban J connectivity index is 1.44. The van der Waals surface area contributed by atoms with Gasteiger partial charge < -0.3 is 4.57 Å². The zero-order valence-corrected chi connectivity index (χ0v) is 16.5. The molecule has 1 saturated heterocycles. The topological polar surface area (TPSA) is 24.3 Å². The Bertz CT molecular complexity index is 870. The van der Waals surface area contributed by atoms with Gasteiger partial charge in [-0.2, -0.15) is 0 Å². The molecule has 0 bridgehead atoms. The SMILES string of the molecule is CCn1c(CN2CCCC(N(C)Cc3ccccc3)C2)nc2ccccc21. The standard InChI is InChI=1S/C23H30N4/c1-3-27-22-14-8-7-13-21(22)24-23(27)18-26-15-9-12-20(17-26)25(2)16-19-10-5-4-6-11-19/h4-8,10-11,13-14,20H,3,9,12,15-18H2,1-2H3. The van der Waals surface area contributed by atoms with E-state index in [2.05, 4.69) is 82.9 Å². The zero-order valence-electron chi connectivity index (χ0n) is 16.5. The number of aromatic nitrogens is 2. The predicted octanol–water partition coefficient (Wildman–Crippen LogP) is 4.15. The highest BCUT2D eigenvalue weighted by molar-refractivity contribution is 5.75. The molecule has 3 aromatic rings. The number of hydrogen-bond acceptors (Lipinski definition) is 3. The summed E-state index contributed by atoms with van der Waals surface area (Å²) in [5, 5.41) is 0. The van der Waals surface area contributed by atoms with Gasteiger partial charge in [0.15, 0.2) is 0 Å². The number of hydrogen-bond donors (Lipinski definition) is 0. The third-order valence-corrected chi connectivity index (χ3v) is 5.79. The van der Waals surface area contributed by atoms with E-state index in [0.717, 1.165) is 31.7 Å². The molecule has 0 aliphatic carbocycles. The lowest BCUT2D eigenvalue weighted by atomic mass is 10.0. The van der Waals surface area contributed by atoms with Crippen LogP contribution in [0.5, 0.6) is 0 Å². The van der Waals surface area contributed by atoms with Crippen LogP contribution in [0.3, 0.4) is 0 Å². The van der Waals surface area contributed by atoms with Gasteiger partial charge >= 0.3 is 0 Å². The van der Waals surface area contributed by atoms with Gasteiger partial charge in [0.2, 0.25) is 0 Å². The maximum absolute atomic E-state index is 4.92. The summed E-state index contributed by atoms with van der Waals surface area (Å²) in [4.78, 5) is 10.0. The molecule has 0 radical (unpaired) electrons. The molecule has 1 atom stereocenters. The van der Waals surface area contributed by atoms with Crippen LogP contribution >= 0.6 is 0 Å². The van der Waals surface area contributed by atoms with Crippen LogP contribution in [0, 0.1) is 0 Å². The van der Waals surface area contributed by atoms with Gasteiger partial charge in [0.05, 0.1) is 17.6 Å². The number of likely N-dealkylation sites (tertiary alicyclic amines) is 1. The van der Waals surface area contributed by atoms with E-state index < -0.39 is 0 Å². The average molecular weight is 363 g/mol. The van der Waals surface area contributed by atoms with Crippen LogP contribution in [0.25, 0.3) is 11.0 Å². The van der Waals surface area contributed by atoms with E-state index in [1.54, 1.807) is 0 Å². The first kappa shape index (κ1) is 18.2. The molecular weight excluding hydrogens is 332 g/mol. The van der Waals surface area contributed by atoms with Gasteiger partial charge in [-0.3, -0.25) is 9.80 Å². The lowest BCUT2D eigenvalue weighted by Crippen LogP contribution is -2.46. The summed E-state index contributed by atoms with van der Waals surface area (Å²) >= 11 is 0. The Kier molecular flexibility index (Phi) is 5.55. The summed E-state index contributed by atoms with van der Waals surface area (Å²) in [5.41, 5.74) is 3.76. The van der Waals surface area contributed by atoms with Crippen molar-refractivity contribution in [2.24, 2.45) is 0 Å². The molecule has 142 valence electrons. The monoisotopic (exact) mass is 362 g/mol. The van der Waals surface area contributed by atoms with Gasteiger partial charge in [0.25, 0.3) is 0 Å². The van der Waals surface area contributed by atoms with Crippen LogP contribution < -0.4 is 0 Å². The smallest absolute Gasteiger partial charge is 0.124 e. The highest BCUT2D eigenvalue weighted by atomic mass is 15.2. The minimum absolute atomic E-state index is 0.610. The van der Waals surface area contributed by atoms with Crippen molar-refractivity contribution in [1.82, 2.24) is 19.4 Å². The predicted molar refractivity (Wildman–Crippen MR) is 112 cm³/mol. The Labute approximate surface area is 162 Å². The summed E-state index contributed by atoms with van der Waals surface area (Å²) in [6.07, 6.45) is 2.54. The van der Waals surface area contributed by atoms with Crippen LogP contribution in [0.4, 0.5) is 0 Å². The fraction of sp³-hybridized carbons (Fsp3) is 0.435. The number of aryl methyl sites for hydroxylation is 1. The summed E-state index contributed by atoms with van der Waals surface area (Å²) in [7, 11) is 2.27. The Hall–Kier alpha value is -2.17. The second-order valence-corrected chi connectivity index (χ2v) is 7.69. The first-order valence-corrected chi connectivity index (χ1v) is 10.1. The number of likely N-dealkylation sites (N-methyl/N-ethyl adjacent to an activating group) is 1. The quantitative estimate of drug-likeness (QED) is 0.658. The van der Waals surface area contributed by atoms with E-state index >= 15 is 0 Å². The minimum Gasteiger partial charge on any atom is -0.327 e. The molecule has 1 fully saturated rings. The number of para-hydroxylation sites is 2. The normalized spacial score (nSPS) is 18.4. The lowest BCUT2D eigenvalue weighted by molar-refractivity contribution is 0.105. The van der Waals surface area contributed by atoms with Crippen molar-refractivity contribution < 1.29 is 0 Å². The van der Waals surface area contributed by atoms with Crippen LogP contribution in [-0.2, 0) is 19.6 Å². The number of piperidine rings is 1. The number of fused-ring (bicyclic) bond motifs is 1. The molecule has 4 heteroatoms. The number of nitrogens with zero attached hydrogens (tertiary/aromatic N) is 4. The van der Waals surface area contributed by atoms with Crippen LogP contribution in [0.15, 0.2) is 54.6 Å². The summed E-state index contributed by atoms with van der Waals surface area (Å²) < 4.78 is 2.37. The van der Waals surface area contributed by atoms with E-state index in [1.165, 1.54) is 36.3 Å². The van der Waals surface area contributed by atoms with E-state index in [4.69, 9.17) is 4.98 Å². The maximum Gasteiger partial charge on any atom is 0.124 e. The third-order valence-electron chi connectivity index (χ3n) is 5.79. The molecule has 0 amide bonds. The van der Waals surface area contributed by atoms with Crippen LogP contribution in [-0.4, -0.2) is 45.5 Å². The second kappa shape index (κ2) is 8.24. The summed E-state index contributed by atoms with van der Waals surface area (Å²) in [6.45, 7) is 7.44.